The van der Waals surface area contributed by atoms with Gasteiger partial charge >= 0.3 is 0 Å². The number of aliphatic hydroxyl groups is 1. The normalized spacial score (nSPS) is 25.5. The highest BCUT2D eigenvalue weighted by Gasteiger charge is 2.28. The second-order valence-corrected chi connectivity index (χ2v) is 4.40. The summed E-state index contributed by atoms with van der Waals surface area (Å²) in [7, 11) is 0. The smallest absolute Gasteiger partial charge is 0.254 e. The third kappa shape index (κ3) is 2.25. The molecule has 1 aliphatic rings. The quantitative estimate of drug-likeness (QED) is 0.780. The lowest BCUT2D eigenvalue weighted by atomic mass is 10.0. The van der Waals surface area contributed by atoms with Crippen LogP contribution in [0.15, 0.2) is 30.3 Å². The molecule has 0 aliphatic carbocycles. The molecule has 0 saturated carbocycles. The predicted octanol–water partition coefficient (Wildman–Crippen LogP) is 1.67. The number of hydrogen-bond donors (Lipinski definition) is 1. The first-order valence-corrected chi connectivity index (χ1v) is 5.72. The Kier molecular flexibility index (Phi) is 3.25. The molecule has 0 bridgehead atoms. The van der Waals surface area contributed by atoms with Gasteiger partial charge in [0.15, 0.2) is 0 Å². The molecule has 1 heterocycles. The number of hydrogen-bond acceptors (Lipinski definition) is 2. The minimum absolute atomic E-state index is 0.0202. The van der Waals surface area contributed by atoms with Crippen LogP contribution in [0, 0.1) is 0 Å². The summed E-state index contributed by atoms with van der Waals surface area (Å²) in [6, 6.07) is 9.46. The number of rotatable bonds is 1. The second kappa shape index (κ2) is 4.66. The number of carbonyl (C=O) groups excluding carboxylic acids is 1. The van der Waals surface area contributed by atoms with Gasteiger partial charge in [-0.1, -0.05) is 18.2 Å². The Bertz CT molecular complexity index is 363. The molecule has 1 amide bonds. The fourth-order valence-electron chi connectivity index (χ4n) is 2.12. The second-order valence-electron chi connectivity index (χ2n) is 4.40. The molecule has 1 fully saturated rings. The van der Waals surface area contributed by atoms with Gasteiger partial charge in [-0.3, -0.25) is 4.79 Å². The van der Waals surface area contributed by atoms with Crippen LogP contribution in [0.4, 0.5) is 0 Å². The van der Waals surface area contributed by atoms with E-state index in [-0.39, 0.29) is 18.1 Å². The molecule has 16 heavy (non-hydrogen) atoms. The molecular weight excluding hydrogens is 202 g/mol. The van der Waals surface area contributed by atoms with Crippen molar-refractivity contribution >= 4 is 5.91 Å². The monoisotopic (exact) mass is 219 g/mol. The first-order chi connectivity index (χ1) is 7.68. The Labute approximate surface area is 95.7 Å². The van der Waals surface area contributed by atoms with Gasteiger partial charge in [0.1, 0.15) is 0 Å². The molecule has 1 aliphatic heterocycles. The molecule has 1 aromatic rings. The van der Waals surface area contributed by atoms with Gasteiger partial charge in [0.25, 0.3) is 5.91 Å². The van der Waals surface area contributed by atoms with Crippen molar-refractivity contribution in [1.82, 2.24) is 4.90 Å². The van der Waals surface area contributed by atoms with E-state index >= 15 is 0 Å². The topological polar surface area (TPSA) is 40.5 Å². The van der Waals surface area contributed by atoms with Crippen LogP contribution in [-0.2, 0) is 0 Å². The van der Waals surface area contributed by atoms with Gasteiger partial charge in [-0.25, -0.2) is 0 Å². The molecule has 2 rings (SSSR count). The summed E-state index contributed by atoms with van der Waals surface area (Å²) in [5, 5.41) is 9.60. The molecule has 3 heteroatoms. The Hall–Kier alpha value is -1.35. The summed E-state index contributed by atoms with van der Waals surface area (Å²) in [5.41, 5.74) is 0.698. The molecule has 86 valence electrons. The molecule has 1 N–H and O–H groups in total. The molecular formula is C13H17NO2. The van der Waals surface area contributed by atoms with Crippen LogP contribution in [0.25, 0.3) is 0 Å². The first-order valence-electron chi connectivity index (χ1n) is 5.72. The molecule has 3 nitrogen and oxygen atoms in total. The zero-order valence-electron chi connectivity index (χ0n) is 9.47. The third-order valence-corrected chi connectivity index (χ3v) is 3.14. The molecule has 0 radical (unpaired) electrons. The maximum Gasteiger partial charge on any atom is 0.254 e. The predicted molar refractivity (Wildman–Crippen MR) is 62.2 cm³/mol. The third-order valence-electron chi connectivity index (χ3n) is 3.14. The number of β-amino-alcohol motifs (C(OH)–C–C–N with tert-alkyl or cyclic N) is 1. The molecule has 0 spiro atoms. The van der Waals surface area contributed by atoms with Crippen molar-refractivity contribution in [3.8, 4) is 0 Å². The molecule has 1 aromatic carbocycles. The maximum atomic E-state index is 12.2. The average molecular weight is 219 g/mol. The van der Waals surface area contributed by atoms with Gasteiger partial charge in [0.05, 0.1) is 6.10 Å². The van der Waals surface area contributed by atoms with Crippen LogP contribution in [0.2, 0.25) is 0 Å². The summed E-state index contributed by atoms with van der Waals surface area (Å²) in [6.45, 7) is 2.49. The van der Waals surface area contributed by atoms with E-state index in [1.807, 2.05) is 37.3 Å². The Balaban J connectivity index is 2.15. The Morgan fingerprint density at radius 2 is 2.00 bits per heavy atom. The molecule has 2 atom stereocenters. The van der Waals surface area contributed by atoms with E-state index in [1.54, 1.807) is 4.90 Å². The fourth-order valence-corrected chi connectivity index (χ4v) is 2.12. The zero-order valence-corrected chi connectivity index (χ0v) is 9.47. The van der Waals surface area contributed by atoms with E-state index in [1.165, 1.54) is 0 Å². The van der Waals surface area contributed by atoms with E-state index in [0.29, 0.717) is 12.1 Å². The fraction of sp³-hybridized carbons (Fsp3) is 0.462. The van der Waals surface area contributed by atoms with Crippen molar-refractivity contribution in [2.24, 2.45) is 0 Å². The average Bonchev–Trinajstić information content (AvgIpc) is 2.32. The van der Waals surface area contributed by atoms with E-state index in [2.05, 4.69) is 0 Å². The standard InChI is InChI=1S/C13H17NO2/c1-10-7-8-12(15)9-14(10)13(16)11-5-3-2-4-6-11/h2-6,10,12,15H,7-9H2,1H3/t10-,12-/m0/s1. The van der Waals surface area contributed by atoms with E-state index in [9.17, 15) is 9.90 Å². The van der Waals surface area contributed by atoms with Crippen molar-refractivity contribution in [3.63, 3.8) is 0 Å². The summed E-state index contributed by atoms with van der Waals surface area (Å²) in [4.78, 5) is 13.9. The lowest BCUT2D eigenvalue weighted by molar-refractivity contribution is 0.0310. The first kappa shape index (κ1) is 11.1. The number of benzene rings is 1. The highest BCUT2D eigenvalue weighted by Crippen LogP contribution is 2.19. The lowest BCUT2D eigenvalue weighted by Crippen LogP contribution is -2.47. The lowest BCUT2D eigenvalue weighted by Gasteiger charge is -2.36. The number of amides is 1. The maximum absolute atomic E-state index is 12.2. The summed E-state index contributed by atoms with van der Waals surface area (Å²) >= 11 is 0. The summed E-state index contributed by atoms with van der Waals surface area (Å²) < 4.78 is 0. The minimum atomic E-state index is -0.371. The number of likely N-dealkylation sites (tertiary alicyclic amines) is 1. The SMILES string of the molecule is C[C@H]1CC[C@H](O)CN1C(=O)c1ccccc1. The van der Waals surface area contributed by atoms with Gasteiger partial charge in [0.2, 0.25) is 0 Å². The number of carbonyl (C=O) groups is 1. The van der Waals surface area contributed by atoms with Crippen LogP contribution in [0.3, 0.4) is 0 Å². The van der Waals surface area contributed by atoms with Gasteiger partial charge in [-0.05, 0) is 31.9 Å². The molecule has 1 saturated heterocycles. The largest absolute Gasteiger partial charge is 0.391 e. The number of nitrogens with zero attached hydrogens (tertiary/aromatic N) is 1. The Morgan fingerprint density at radius 1 is 1.31 bits per heavy atom. The van der Waals surface area contributed by atoms with Crippen molar-refractivity contribution in [2.45, 2.75) is 31.9 Å². The van der Waals surface area contributed by atoms with E-state index < -0.39 is 0 Å². The van der Waals surface area contributed by atoms with Crippen molar-refractivity contribution in [1.29, 1.82) is 0 Å². The van der Waals surface area contributed by atoms with Crippen LogP contribution in [0.5, 0.6) is 0 Å². The number of piperidine rings is 1. The highest BCUT2D eigenvalue weighted by atomic mass is 16.3. The van der Waals surface area contributed by atoms with E-state index in [4.69, 9.17) is 0 Å². The van der Waals surface area contributed by atoms with Gasteiger partial charge < -0.3 is 10.0 Å². The van der Waals surface area contributed by atoms with Crippen LogP contribution in [-0.4, -0.2) is 34.6 Å². The van der Waals surface area contributed by atoms with Crippen LogP contribution in [0.1, 0.15) is 30.1 Å². The Morgan fingerprint density at radius 3 is 2.69 bits per heavy atom. The summed E-state index contributed by atoms with van der Waals surface area (Å²) in [5.74, 6) is 0.0202. The van der Waals surface area contributed by atoms with Gasteiger partial charge in [0, 0.05) is 18.2 Å². The van der Waals surface area contributed by atoms with Crippen molar-refractivity contribution in [2.75, 3.05) is 6.54 Å². The van der Waals surface area contributed by atoms with Crippen molar-refractivity contribution in [3.05, 3.63) is 35.9 Å². The van der Waals surface area contributed by atoms with Gasteiger partial charge in [-0.2, -0.15) is 0 Å². The molecule has 0 unspecified atom stereocenters. The minimum Gasteiger partial charge on any atom is -0.391 e. The van der Waals surface area contributed by atoms with Crippen LogP contribution >= 0.6 is 0 Å². The van der Waals surface area contributed by atoms with Gasteiger partial charge in [-0.15, -0.1) is 0 Å². The number of aliphatic hydroxyl groups excluding tert-OH is 1. The van der Waals surface area contributed by atoms with E-state index in [0.717, 1.165) is 12.8 Å². The summed E-state index contributed by atoms with van der Waals surface area (Å²) in [6.07, 6.45) is 1.29. The zero-order chi connectivity index (χ0) is 11.5. The van der Waals surface area contributed by atoms with Crippen molar-refractivity contribution < 1.29 is 9.90 Å². The highest BCUT2D eigenvalue weighted by molar-refractivity contribution is 5.94. The van der Waals surface area contributed by atoms with Crippen LogP contribution < -0.4 is 0 Å². The molecule has 0 aromatic heterocycles.